The van der Waals surface area contributed by atoms with Gasteiger partial charge in [0.1, 0.15) is 5.52 Å². The van der Waals surface area contributed by atoms with Crippen LogP contribution in [0.1, 0.15) is 12.8 Å². The first-order valence-corrected chi connectivity index (χ1v) is 7.95. The second kappa shape index (κ2) is 7.38. The van der Waals surface area contributed by atoms with Crippen molar-refractivity contribution >= 4 is 23.1 Å². The lowest BCUT2D eigenvalue weighted by Crippen LogP contribution is -2.36. The third-order valence-corrected chi connectivity index (χ3v) is 3.96. The van der Waals surface area contributed by atoms with E-state index < -0.39 is 5.97 Å². The number of aliphatic carboxylic acids is 1. The molecule has 0 spiro atoms. The summed E-state index contributed by atoms with van der Waals surface area (Å²) in [6.45, 7) is 3.15. The first kappa shape index (κ1) is 15.7. The van der Waals surface area contributed by atoms with E-state index in [0.29, 0.717) is 19.1 Å². The Labute approximate surface area is 134 Å². The van der Waals surface area contributed by atoms with Crippen LogP contribution in [0.2, 0.25) is 0 Å². The van der Waals surface area contributed by atoms with E-state index in [2.05, 4.69) is 25.9 Å². The van der Waals surface area contributed by atoms with E-state index >= 15 is 0 Å². The Morgan fingerprint density at radius 2 is 2.26 bits per heavy atom. The van der Waals surface area contributed by atoms with Crippen molar-refractivity contribution in [3.63, 3.8) is 0 Å². The molecule has 0 atom stereocenters. The predicted molar refractivity (Wildman–Crippen MR) is 87.5 cm³/mol. The first-order chi connectivity index (χ1) is 11.2. The number of pyridine rings is 1. The van der Waals surface area contributed by atoms with Crippen molar-refractivity contribution in [2.45, 2.75) is 25.4 Å². The summed E-state index contributed by atoms with van der Waals surface area (Å²) < 4.78 is 2.02. The van der Waals surface area contributed by atoms with Crippen LogP contribution in [0.3, 0.4) is 0 Å². The number of carbonyl (C=O) groups is 1. The van der Waals surface area contributed by atoms with E-state index in [1.807, 2.05) is 16.7 Å². The Kier molecular flexibility index (Phi) is 5.04. The second-order valence-electron chi connectivity index (χ2n) is 5.67. The molecule has 0 aliphatic carbocycles. The molecule has 23 heavy (non-hydrogen) atoms. The van der Waals surface area contributed by atoms with Crippen LogP contribution in [0.5, 0.6) is 0 Å². The Hall–Kier alpha value is -2.19. The molecule has 3 rings (SSSR count). The van der Waals surface area contributed by atoms with Crippen LogP contribution in [-0.4, -0.2) is 57.8 Å². The molecule has 0 bridgehead atoms. The average molecular weight is 318 g/mol. The standard InChI is InChI=1S/C15H22N6O2/c22-13(23)10-17-8-9-21-14-12(2-1-5-18-14)20-15(21)19-11-3-6-16-7-4-11/h1-2,5,11,16-17H,3-4,6-10H2,(H,19,20)(H,22,23). The van der Waals surface area contributed by atoms with Gasteiger partial charge in [0.2, 0.25) is 5.95 Å². The van der Waals surface area contributed by atoms with Crippen molar-refractivity contribution in [1.82, 2.24) is 25.2 Å². The van der Waals surface area contributed by atoms with E-state index in [-0.39, 0.29) is 6.54 Å². The molecule has 8 nitrogen and oxygen atoms in total. The lowest BCUT2D eigenvalue weighted by atomic mass is 10.1. The van der Waals surface area contributed by atoms with Gasteiger partial charge in [-0.15, -0.1) is 0 Å². The smallest absolute Gasteiger partial charge is 0.317 e. The van der Waals surface area contributed by atoms with Gasteiger partial charge in [-0.3, -0.25) is 9.36 Å². The predicted octanol–water partition coefficient (Wildman–Crippen LogP) is 0.269. The van der Waals surface area contributed by atoms with Crippen molar-refractivity contribution in [2.75, 3.05) is 31.5 Å². The fraction of sp³-hybridized carbons (Fsp3) is 0.533. The molecule has 4 N–H and O–H groups in total. The Bertz CT molecular complexity index is 665. The van der Waals surface area contributed by atoms with E-state index in [4.69, 9.17) is 5.11 Å². The summed E-state index contributed by atoms with van der Waals surface area (Å²) in [4.78, 5) is 19.6. The highest BCUT2D eigenvalue weighted by Gasteiger charge is 2.17. The highest BCUT2D eigenvalue weighted by Crippen LogP contribution is 2.19. The van der Waals surface area contributed by atoms with Crippen LogP contribution in [0, 0.1) is 0 Å². The van der Waals surface area contributed by atoms with Crippen LogP contribution in [-0.2, 0) is 11.3 Å². The van der Waals surface area contributed by atoms with E-state index in [0.717, 1.165) is 43.0 Å². The van der Waals surface area contributed by atoms with Gasteiger partial charge in [-0.1, -0.05) is 0 Å². The zero-order valence-corrected chi connectivity index (χ0v) is 13.0. The Balaban J connectivity index is 1.75. The van der Waals surface area contributed by atoms with Gasteiger partial charge in [-0.25, -0.2) is 9.97 Å². The number of piperidine rings is 1. The summed E-state index contributed by atoms with van der Waals surface area (Å²) >= 11 is 0. The molecular formula is C15H22N6O2. The molecule has 0 radical (unpaired) electrons. The quantitative estimate of drug-likeness (QED) is 0.543. The highest BCUT2D eigenvalue weighted by molar-refractivity contribution is 5.74. The summed E-state index contributed by atoms with van der Waals surface area (Å²) in [5.41, 5.74) is 1.67. The zero-order valence-electron chi connectivity index (χ0n) is 13.0. The van der Waals surface area contributed by atoms with E-state index in [9.17, 15) is 4.79 Å². The number of hydrogen-bond donors (Lipinski definition) is 4. The number of rotatable bonds is 7. The molecule has 124 valence electrons. The van der Waals surface area contributed by atoms with Crippen molar-refractivity contribution in [2.24, 2.45) is 0 Å². The van der Waals surface area contributed by atoms with Gasteiger partial charge >= 0.3 is 5.97 Å². The number of aromatic nitrogens is 3. The maximum Gasteiger partial charge on any atom is 0.317 e. The maximum atomic E-state index is 10.6. The summed E-state index contributed by atoms with van der Waals surface area (Å²) in [7, 11) is 0. The molecule has 2 aromatic rings. The fourth-order valence-electron chi connectivity index (χ4n) is 2.82. The van der Waals surface area contributed by atoms with Gasteiger partial charge in [0.05, 0.1) is 6.54 Å². The van der Waals surface area contributed by atoms with Gasteiger partial charge in [0.15, 0.2) is 5.65 Å². The van der Waals surface area contributed by atoms with Crippen molar-refractivity contribution in [1.29, 1.82) is 0 Å². The van der Waals surface area contributed by atoms with Gasteiger partial charge in [-0.2, -0.15) is 0 Å². The number of hydrogen-bond acceptors (Lipinski definition) is 6. The van der Waals surface area contributed by atoms with Gasteiger partial charge < -0.3 is 21.1 Å². The summed E-state index contributed by atoms with van der Waals surface area (Å²) in [5.74, 6) is -0.0469. The molecule has 0 unspecified atom stereocenters. The van der Waals surface area contributed by atoms with Gasteiger partial charge in [0.25, 0.3) is 0 Å². The fourth-order valence-corrected chi connectivity index (χ4v) is 2.82. The van der Waals surface area contributed by atoms with Crippen molar-refractivity contribution < 1.29 is 9.90 Å². The van der Waals surface area contributed by atoms with Crippen molar-refractivity contribution in [3.05, 3.63) is 18.3 Å². The van der Waals surface area contributed by atoms with Gasteiger partial charge in [0, 0.05) is 25.3 Å². The largest absolute Gasteiger partial charge is 0.480 e. The normalized spacial score (nSPS) is 15.8. The molecule has 0 saturated carbocycles. The van der Waals surface area contributed by atoms with Crippen LogP contribution in [0.25, 0.3) is 11.2 Å². The highest BCUT2D eigenvalue weighted by atomic mass is 16.4. The molecule has 1 aliphatic heterocycles. The van der Waals surface area contributed by atoms with Crippen LogP contribution in [0.15, 0.2) is 18.3 Å². The minimum atomic E-state index is -0.855. The molecular weight excluding hydrogens is 296 g/mol. The molecule has 1 saturated heterocycles. The Morgan fingerprint density at radius 1 is 1.43 bits per heavy atom. The summed E-state index contributed by atoms with van der Waals surface area (Å²) in [6, 6.07) is 4.21. The van der Waals surface area contributed by atoms with Crippen LogP contribution in [0.4, 0.5) is 5.95 Å². The lowest BCUT2D eigenvalue weighted by molar-refractivity contribution is -0.135. The molecule has 1 fully saturated rings. The number of nitrogens with one attached hydrogen (secondary N) is 3. The van der Waals surface area contributed by atoms with Gasteiger partial charge in [-0.05, 0) is 38.1 Å². The zero-order chi connectivity index (χ0) is 16.1. The number of nitrogens with zero attached hydrogens (tertiary/aromatic N) is 3. The van der Waals surface area contributed by atoms with Crippen LogP contribution >= 0.6 is 0 Å². The van der Waals surface area contributed by atoms with Crippen molar-refractivity contribution in [3.8, 4) is 0 Å². The molecule has 3 heterocycles. The Morgan fingerprint density at radius 3 is 3.04 bits per heavy atom. The molecule has 1 aliphatic rings. The third kappa shape index (κ3) is 3.96. The minimum Gasteiger partial charge on any atom is -0.480 e. The van der Waals surface area contributed by atoms with E-state index in [1.54, 1.807) is 6.20 Å². The number of fused-ring (bicyclic) bond motifs is 1. The topological polar surface area (TPSA) is 104 Å². The van der Waals surface area contributed by atoms with Crippen LogP contribution < -0.4 is 16.0 Å². The molecule has 8 heteroatoms. The minimum absolute atomic E-state index is 0.0445. The third-order valence-electron chi connectivity index (χ3n) is 3.96. The monoisotopic (exact) mass is 318 g/mol. The molecule has 0 aromatic carbocycles. The number of carboxylic acid groups (broad SMARTS) is 1. The lowest BCUT2D eigenvalue weighted by Gasteiger charge is -2.24. The number of carboxylic acids is 1. The average Bonchev–Trinajstić information content (AvgIpc) is 2.90. The second-order valence-corrected chi connectivity index (χ2v) is 5.67. The number of anilines is 1. The maximum absolute atomic E-state index is 10.6. The SMILES string of the molecule is O=C(O)CNCCn1c(NC2CCNCC2)nc2cccnc21. The summed E-state index contributed by atoms with van der Waals surface area (Å²) in [6.07, 6.45) is 3.88. The first-order valence-electron chi connectivity index (χ1n) is 7.95. The molecule has 0 amide bonds. The summed E-state index contributed by atoms with van der Waals surface area (Å²) in [5, 5.41) is 18.5. The van der Waals surface area contributed by atoms with E-state index in [1.165, 1.54) is 0 Å². The molecule has 2 aromatic heterocycles. The number of imidazole rings is 1.